The minimum atomic E-state index is -0.370. The van der Waals surface area contributed by atoms with Gasteiger partial charge in [-0.15, -0.1) is 0 Å². The Hall–Kier alpha value is -0.393. The van der Waals surface area contributed by atoms with Gasteiger partial charge in [-0.05, 0) is 38.7 Å². The van der Waals surface area contributed by atoms with Gasteiger partial charge in [0.05, 0.1) is 24.7 Å². The molecule has 1 aliphatic heterocycles. The van der Waals surface area contributed by atoms with Crippen molar-refractivity contribution in [2.45, 2.75) is 50.9 Å². The summed E-state index contributed by atoms with van der Waals surface area (Å²) in [5, 5.41) is 0. The van der Waals surface area contributed by atoms with E-state index in [0.717, 1.165) is 38.3 Å². The maximum Gasteiger partial charge on any atom is 0.309 e. The van der Waals surface area contributed by atoms with Crippen molar-refractivity contribution in [2.75, 3.05) is 13.2 Å². The summed E-state index contributed by atoms with van der Waals surface area (Å²) in [5.41, 5.74) is 0. The third kappa shape index (κ3) is 4.08. The Morgan fingerprint density at radius 1 is 1.41 bits per heavy atom. The lowest BCUT2D eigenvalue weighted by atomic mass is 9.89. The SMILES string of the molecule is CCO[SiH2]CCCOC(=O)C1CCC2OC2C1. The minimum absolute atomic E-state index is 0.0166. The summed E-state index contributed by atoms with van der Waals surface area (Å²) in [4.78, 5) is 11.8. The van der Waals surface area contributed by atoms with Crippen LogP contribution in [0.3, 0.4) is 0 Å². The number of carbonyl (C=O) groups excluding carboxylic acids is 1. The molecule has 2 rings (SSSR count). The van der Waals surface area contributed by atoms with Crippen LogP contribution in [-0.2, 0) is 18.7 Å². The molecule has 4 nitrogen and oxygen atoms in total. The summed E-state index contributed by atoms with van der Waals surface area (Å²) in [6.45, 7) is 3.39. The Labute approximate surface area is 105 Å². The highest BCUT2D eigenvalue weighted by Crippen LogP contribution is 2.39. The van der Waals surface area contributed by atoms with Crippen molar-refractivity contribution in [1.82, 2.24) is 0 Å². The number of rotatable bonds is 7. The first kappa shape index (κ1) is 13.0. The lowest BCUT2D eigenvalue weighted by Gasteiger charge is -2.17. The number of ether oxygens (including phenoxy) is 2. The monoisotopic (exact) mass is 258 g/mol. The maximum atomic E-state index is 11.8. The van der Waals surface area contributed by atoms with E-state index in [1.165, 1.54) is 0 Å². The number of carbonyl (C=O) groups is 1. The van der Waals surface area contributed by atoms with Crippen molar-refractivity contribution in [2.24, 2.45) is 5.92 Å². The molecular formula is C12H22O4Si. The molecule has 0 amide bonds. The normalized spacial score (nSPS) is 31.5. The van der Waals surface area contributed by atoms with Crippen molar-refractivity contribution < 1.29 is 18.7 Å². The lowest BCUT2D eigenvalue weighted by Crippen LogP contribution is -2.24. The Morgan fingerprint density at radius 2 is 2.29 bits per heavy atom. The molecule has 98 valence electrons. The van der Waals surface area contributed by atoms with E-state index in [1.54, 1.807) is 0 Å². The van der Waals surface area contributed by atoms with Crippen molar-refractivity contribution in [3.8, 4) is 0 Å². The molecule has 0 spiro atoms. The molecule has 3 atom stereocenters. The van der Waals surface area contributed by atoms with E-state index >= 15 is 0 Å². The Kier molecular flexibility index (Phi) is 5.00. The molecule has 0 bridgehead atoms. The van der Waals surface area contributed by atoms with Gasteiger partial charge in [0, 0.05) is 6.61 Å². The molecule has 5 heteroatoms. The van der Waals surface area contributed by atoms with Crippen molar-refractivity contribution in [3.05, 3.63) is 0 Å². The quantitative estimate of drug-likeness (QED) is 0.296. The zero-order chi connectivity index (χ0) is 12.1. The van der Waals surface area contributed by atoms with Crippen LogP contribution in [0.5, 0.6) is 0 Å². The second-order valence-electron chi connectivity index (χ2n) is 4.79. The Morgan fingerprint density at radius 3 is 3.06 bits per heavy atom. The number of epoxide rings is 1. The van der Waals surface area contributed by atoms with E-state index in [1.807, 2.05) is 6.92 Å². The molecule has 17 heavy (non-hydrogen) atoms. The highest BCUT2D eigenvalue weighted by molar-refractivity contribution is 6.26. The van der Waals surface area contributed by atoms with Gasteiger partial charge in [-0.3, -0.25) is 4.79 Å². The molecule has 0 aromatic heterocycles. The molecule has 0 aromatic rings. The van der Waals surface area contributed by atoms with Crippen molar-refractivity contribution >= 4 is 15.7 Å². The first-order chi connectivity index (χ1) is 8.31. The van der Waals surface area contributed by atoms with Crippen LogP contribution in [0.15, 0.2) is 0 Å². The molecule has 2 aliphatic rings. The molecule has 1 aliphatic carbocycles. The van der Waals surface area contributed by atoms with Gasteiger partial charge in [0.25, 0.3) is 0 Å². The van der Waals surface area contributed by atoms with Gasteiger partial charge in [-0.2, -0.15) is 0 Å². The molecule has 1 saturated carbocycles. The summed E-state index contributed by atoms with van der Waals surface area (Å²) in [6.07, 6.45) is 4.60. The van der Waals surface area contributed by atoms with E-state index in [2.05, 4.69) is 0 Å². The lowest BCUT2D eigenvalue weighted by molar-refractivity contribution is -0.149. The largest absolute Gasteiger partial charge is 0.465 e. The van der Waals surface area contributed by atoms with Gasteiger partial charge in [0.1, 0.15) is 0 Å². The second kappa shape index (κ2) is 6.52. The molecule has 0 N–H and O–H groups in total. The summed E-state index contributed by atoms with van der Waals surface area (Å²) >= 11 is 0. The fourth-order valence-electron chi connectivity index (χ4n) is 2.36. The number of esters is 1. The molecule has 0 aromatic carbocycles. The zero-order valence-corrected chi connectivity index (χ0v) is 11.9. The fraction of sp³-hybridized carbons (Fsp3) is 0.917. The first-order valence-corrected chi connectivity index (χ1v) is 8.29. The van der Waals surface area contributed by atoms with Gasteiger partial charge in [0.15, 0.2) is 9.76 Å². The van der Waals surface area contributed by atoms with Crippen molar-refractivity contribution in [3.63, 3.8) is 0 Å². The van der Waals surface area contributed by atoms with Gasteiger partial charge in [0.2, 0.25) is 0 Å². The fourth-order valence-corrected chi connectivity index (χ4v) is 3.26. The average Bonchev–Trinajstić information content (AvgIpc) is 3.11. The molecular weight excluding hydrogens is 236 g/mol. The predicted octanol–water partition coefficient (Wildman–Crippen LogP) is 1.03. The molecule has 1 saturated heterocycles. The highest BCUT2D eigenvalue weighted by Gasteiger charge is 2.46. The van der Waals surface area contributed by atoms with Gasteiger partial charge >= 0.3 is 5.97 Å². The summed E-state index contributed by atoms with van der Waals surface area (Å²) in [6, 6.07) is 1.10. The number of hydrogen-bond acceptors (Lipinski definition) is 4. The highest BCUT2D eigenvalue weighted by atomic mass is 28.2. The van der Waals surface area contributed by atoms with E-state index in [4.69, 9.17) is 13.9 Å². The average molecular weight is 258 g/mol. The van der Waals surface area contributed by atoms with Crippen LogP contribution < -0.4 is 0 Å². The zero-order valence-electron chi connectivity index (χ0n) is 10.5. The molecule has 0 radical (unpaired) electrons. The van der Waals surface area contributed by atoms with Gasteiger partial charge in [-0.1, -0.05) is 0 Å². The van der Waals surface area contributed by atoms with Crippen LogP contribution in [0.2, 0.25) is 6.04 Å². The maximum absolute atomic E-state index is 11.8. The Balaban J connectivity index is 1.51. The second-order valence-corrected chi connectivity index (χ2v) is 6.32. The van der Waals surface area contributed by atoms with Gasteiger partial charge < -0.3 is 13.9 Å². The van der Waals surface area contributed by atoms with Crippen LogP contribution in [0, 0.1) is 5.92 Å². The third-order valence-electron chi connectivity index (χ3n) is 3.47. The van der Waals surface area contributed by atoms with E-state index in [0.29, 0.717) is 18.8 Å². The summed E-state index contributed by atoms with van der Waals surface area (Å²) in [7, 11) is -0.370. The van der Waals surface area contributed by atoms with Crippen LogP contribution in [-0.4, -0.2) is 41.2 Å². The molecule has 3 unspecified atom stereocenters. The summed E-state index contributed by atoms with van der Waals surface area (Å²) < 4.78 is 16.1. The van der Waals surface area contributed by atoms with E-state index < -0.39 is 0 Å². The van der Waals surface area contributed by atoms with Crippen LogP contribution in [0.25, 0.3) is 0 Å². The topological polar surface area (TPSA) is 48.1 Å². The minimum Gasteiger partial charge on any atom is -0.465 e. The van der Waals surface area contributed by atoms with Crippen LogP contribution in [0.1, 0.15) is 32.6 Å². The van der Waals surface area contributed by atoms with Crippen LogP contribution in [0.4, 0.5) is 0 Å². The van der Waals surface area contributed by atoms with Crippen LogP contribution >= 0.6 is 0 Å². The van der Waals surface area contributed by atoms with E-state index in [-0.39, 0.29) is 21.7 Å². The molecule has 1 heterocycles. The standard InChI is InChI=1S/C12H22O4Si/c1-2-15-17-7-3-6-14-12(13)9-4-5-10-11(8-9)16-10/h9-11H,2-8,17H2,1H3. The number of hydrogen-bond donors (Lipinski definition) is 0. The summed E-state index contributed by atoms with van der Waals surface area (Å²) in [5.74, 6) is 0.0694. The number of fused-ring (bicyclic) bond motifs is 1. The van der Waals surface area contributed by atoms with Gasteiger partial charge in [-0.25, -0.2) is 0 Å². The smallest absolute Gasteiger partial charge is 0.309 e. The Bertz CT molecular complexity index is 259. The third-order valence-corrected chi connectivity index (χ3v) is 4.95. The predicted molar refractivity (Wildman–Crippen MR) is 66.6 cm³/mol. The van der Waals surface area contributed by atoms with E-state index in [9.17, 15) is 4.79 Å². The van der Waals surface area contributed by atoms with Crippen molar-refractivity contribution in [1.29, 1.82) is 0 Å². The molecule has 2 fully saturated rings. The first-order valence-electron chi connectivity index (χ1n) is 6.71.